The van der Waals surface area contributed by atoms with Crippen molar-refractivity contribution in [2.45, 2.75) is 13.1 Å². The fourth-order valence-corrected chi connectivity index (χ4v) is 2.57. The zero-order chi connectivity index (χ0) is 12.2. The molecule has 0 aliphatic heterocycles. The molecule has 90 valence electrons. The molecule has 0 bridgehead atoms. The predicted molar refractivity (Wildman–Crippen MR) is 76.6 cm³/mol. The molecule has 0 fully saturated rings. The van der Waals surface area contributed by atoms with Crippen molar-refractivity contribution in [2.75, 3.05) is 0 Å². The lowest BCUT2D eigenvalue weighted by Crippen LogP contribution is -2.11. The molecule has 1 N–H and O–H groups in total. The van der Waals surface area contributed by atoms with Crippen molar-refractivity contribution in [3.63, 3.8) is 0 Å². The van der Waals surface area contributed by atoms with E-state index in [-0.39, 0.29) is 0 Å². The number of hydrogen-bond donors (Lipinski definition) is 1. The summed E-state index contributed by atoms with van der Waals surface area (Å²) >= 11 is 1.69. The van der Waals surface area contributed by atoms with Gasteiger partial charge in [0.15, 0.2) is 0 Å². The second kappa shape index (κ2) is 5.29. The number of nitrogens with zero attached hydrogens (tertiary/aromatic N) is 1. The van der Waals surface area contributed by atoms with E-state index >= 15 is 0 Å². The molecule has 18 heavy (non-hydrogen) atoms. The molecule has 0 atom stereocenters. The maximum absolute atomic E-state index is 4.07. The van der Waals surface area contributed by atoms with E-state index in [9.17, 15) is 0 Å². The first-order valence-electron chi connectivity index (χ1n) is 5.97. The van der Waals surface area contributed by atoms with E-state index in [2.05, 4.69) is 52.8 Å². The molecule has 0 aliphatic rings. The Morgan fingerprint density at radius 2 is 1.89 bits per heavy atom. The number of fused-ring (bicyclic) bond motifs is 1. The van der Waals surface area contributed by atoms with E-state index in [1.54, 1.807) is 11.3 Å². The summed E-state index contributed by atoms with van der Waals surface area (Å²) in [6.45, 7) is 1.78. The highest BCUT2D eigenvalue weighted by Gasteiger charge is 1.97. The third-order valence-corrected chi connectivity index (χ3v) is 3.71. The van der Waals surface area contributed by atoms with E-state index in [1.165, 1.54) is 21.2 Å². The van der Waals surface area contributed by atoms with Crippen molar-refractivity contribution in [3.05, 3.63) is 64.6 Å². The summed E-state index contributed by atoms with van der Waals surface area (Å²) in [4.78, 5) is 5.34. The SMILES string of the molecule is c1ccc2cc(CNCc3cncs3)ccc2c1. The van der Waals surface area contributed by atoms with Crippen LogP contribution in [0.5, 0.6) is 0 Å². The smallest absolute Gasteiger partial charge is 0.0794 e. The lowest BCUT2D eigenvalue weighted by atomic mass is 10.1. The third kappa shape index (κ3) is 2.58. The van der Waals surface area contributed by atoms with Crippen LogP contribution in [0.1, 0.15) is 10.4 Å². The van der Waals surface area contributed by atoms with Gasteiger partial charge in [-0.1, -0.05) is 36.4 Å². The van der Waals surface area contributed by atoms with Gasteiger partial charge >= 0.3 is 0 Å². The van der Waals surface area contributed by atoms with Gasteiger partial charge in [0.05, 0.1) is 5.51 Å². The molecule has 0 aliphatic carbocycles. The van der Waals surface area contributed by atoms with Gasteiger partial charge in [0.25, 0.3) is 0 Å². The molecule has 2 aromatic carbocycles. The third-order valence-electron chi connectivity index (χ3n) is 2.93. The topological polar surface area (TPSA) is 24.9 Å². The van der Waals surface area contributed by atoms with Crippen LogP contribution in [0.2, 0.25) is 0 Å². The highest BCUT2D eigenvalue weighted by molar-refractivity contribution is 7.09. The molecule has 3 aromatic rings. The molecular formula is C15H14N2S. The molecule has 3 heteroatoms. The van der Waals surface area contributed by atoms with Gasteiger partial charge in [-0.05, 0) is 22.4 Å². The second-order valence-electron chi connectivity index (χ2n) is 4.25. The van der Waals surface area contributed by atoms with Gasteiger partial charge in [0, 0.05) is 24.2 Å². The van der Waals surface area contributed by atoms with Gasteiger partial charge in [-0.25, -0.2) is 0 Å². The zero-order valence-corrected chi connectivity index (χ0v) is 10.8. The molecular weight excluding hydrogens is 240 g/mol. The van der Waals surface area contributed by atoms with E-state index in [4.69, 9.17) is 0 Å². The number of nitrogens with one attached hydrogen (secondary N) is 1. The van der Waals surface area contributed by atoms with Crippen LogP contribution in [-0.2, 0) is 13.1 Å². The van der Waals surface area contributed by atoms with E-state index in [1.807, 2.05) is 11.7 Å². The van der Waals surface area contributed by atoms with Gasteiger partial charge in [-0.15, -0.1) is 11.3 Å². The summed E-state index contributed by atoms with van der Waals surface area (Å²) in [6, 6.07) is 15.1. The van der Waals surface area contributed by atoms with E-state index < -0.39 is 0 Å². The highest BCUT2D eigenvalue weighted by atomic mass is 32.1. The predicted octanol–water partition coefficient (Wildman–Crippen LogP) is 3.59. The summed E-state index contributed by atoms with van der Waals surface area (Å²) < 4.78 is 0. The summed E-state index contributed by atoms with van der Waals surface area (Å²) in [7, 11) is 0. The fourth-order valence-electron chi connectivity index (χ4n) is 2.01. The Hall–Kier alpha value is -1.71. The van der Waals surface area contributed by atoms with Crippen molar-refractivity contribution >= 4 is 22.1 Å². The van der Waals surface area contributed by atoms with Gasteiger partial charge in [-0.2, -0.15) is 0 Å². The van der Waals surface area contributed by atoms with E-state index in [0.29, 0.717) is 0 Å². The second-order valence-corrected chi connectivity index (χ2v) is 5.22. The molecule has 0 saturated carbocycles. The van der Waals surface area contributed by atoms with Gasteiger partial charge in [0.1, 0.15) is 0 Å². The molecule has 0 amide bonds. The molecule has 0 radical (unpaired) electrons. The van der Waals surface area contributed by atoms with Crippen LogP contribution < -0.4 is 5.32 Å². The average Bonchev–Trinajstić information content (AvgIpc) is 2.92. The van der Waals surface area contributed by atoms with Crippen molar-refractivity contribution in [1.29, 1.82) is 0 Å². The Balaban J connectivity index is 1.67. The molecule has 3 rings (SSSR count). The van der Waals surface area contributed by atoms with Crippen molar-refractivity contribution in [2.24, 2.45) is 0 Å². The van der Waals surface area contributed by atoms with E-state index in [0.717, 1.165) is 13.1 Å². The molecule has 2 nitrogen and oxygen atoms in total. The highest BCUT2D eigenvalue weighted by Crippen LogP contribution is 2.15. The van der Waals surface area contributed by atoms with Crippen LogP contribution in [0.3, 0.4) is 0 Å². The molecule has 0 spiro atoms. The molecule has 0 saturated heterocycles. The quantitative estimate of drug-likeness (QED) is 0.769. The first-order valence-corrected chi connectivity index (χ1v) is 6.85. The van der Waals surface area contributed by atoms with Crippen LogP contribution in [0.4, 0.5) is 0 Å². The van der Waals surface area contributed by atoms with Crippen molar-refractivity contribution in [1.82, 2.24) is 10.3 Å². The lowest BCUT2D eigenvalue weighted by molar-refractivity contribution is 0.700. The minimum atomic E-state index is 0.886. The number of rotatable bonds is 4. The zero-order valence-electron chi connectivity index (χ0n) is 9.97. The number of aromatic nitrogens is 1. The van der Waals surface area contributed by atoms with Crippen LogP contribution in [0, 0.1) is 0 Å². The maximum atomic E-state index is 4.07. The standard InChI is InChI=1S/C15H14N2S/c1-2-4-14-7-12(5-6-13(14)3-1)8-16-9-15-10-17-11-18-15/h1-7,10-11,16H,8-9H2. The Labute approximate surface area is 110 Å². The van der Waals surface area contributed by atoms with Crippen molar-refractivity contribution < 1.29 is 0 Å². The fraction of sp³-hybridized carbons (Fsp3) is 0.133. The Morgan fingerprint density at radius 3 is 2.72 bits per heavy atom. The van der Waals surface area contributed by atoms with Gasteiger partial charge in [-0.3, -0.25) is 4.98 Å². The van der Waals surface area contributed by atoms with Crippen LogP contribution in [-0.4, -0.2) is 4.98 Å². The van der Waals surface area contributed by atoms with Crippen LogP contribution >= 0.6 is 11.3 Å². The molecule has 0 unspecified atom stereocenters. The van der Waals surface area contributed by atoms with Crippen molar-refractivity contribution in [3.8, 4) is 0 Å². The Morgan fingerprint density at radius 1 is 1.00 bits per heavy atom. The minimum Gasteiger partial charge on any atom is -0.308 e. The maximum Gasteiger partial charge on any atom is 0.0794 e. The first-order chi connectivity index (χ1) is 8.92. The number of hydrogen-bond acceptors (Lipinski definition) is 3. The largest absolute Gasteiger partial charge is 0.308 e. The number of benzene rings is 2. The summed E-state index contributed by atoms with van der Waals surface area (Å²) in [5.74, 6) is 0. The monoisotopic (exact) mass is 254 g/mol. The lowest BCUT2D eigenvalue weighted by Gasteiger charge is -2.05. The summed E-state index contributed by atoms with van der Waals surface area (Å²) in [5, 5.41) is 6.03. The molecule has 1 aromatic heterocycles. The van der Waals surface area contributed by atoms with Crippen LogP contribution in [0.25, 0.3) is 10.8 Å². The Bertz CT molecular complexity index is 632. The average molecular weight is 254 g/mol. The first kappa shape index (κ1) is 11.4. The Kier molecular flexibility index (Phi) is 3.35. The minimum absolute atomic E-state index is 0.886. The summed E-state index contributed by atoms with van der Waals surface area (Å²) in [5.41, 5.74) is 3.19. The van der Waals surface area contributed by atoms with Gasteiger partial charge in [0.2, 0.25) is 0 Å². The van der Waals surface area contributed by atoms with Crippen LogP contribution in [0.15, 0.2) is 54.2 Å². The summed E-state index contributed by atoms with van der Waals surface area (Å²) in [6.07, 6.45) is 1.91. The molecule has 1 heterocycles. The normalized spacial score (nSPS) is 10.9. The van der Waals surface area contributed by atoms with Gasteiger partial charge < -0.3 is 5.32 Å². The number of thiazole rings is 1.